The van der Waals surface area contributed by atoms with E-state index in [4.69, 9.17) is 0 Å². The van der Waals surface area contributed by atoms with Crippen LogP contribution in [0.3, 0.4) is 0 Å². The Morgan fingerprint density at radius 3 is 2.20 bits per heavy atom. The number of carbonyl (C=O) groups is 1. The molecule has 0 aliphatic heterocycles. The van der Waals surface area contributed by atoms with E-state index in [2.05, 4.69) is 21.2 Å². The lowest BCUT2D eigenvalue weighted by atomic mass is 10.2. The summed E-state index contributed by atoms with van der Waals surface area (Å²) in [5.74, 6) is -0.271. The second-order valence-corrected chi connectivity index (χ2v) is 9.92. The van der Waals surface area contributed by atoms with E-state index in [1.807, 2.05) is 24.5 Å². The Morgan fingerprint density at radius 2 is 1.63 bits per heavy atom. The van der Waals surface area contributed by atoms with Crippen molar-refractivity contribution in [1.82, 2.24) is 0 Å². The first kappa shape index (κ1) is 22.4. The van der Waals surface area contributed by atoms with Crippen LogP contribution in [-0.2, 0) is 10.0 Å². The summed E-state index contributed by atoms with van der Waals surface area (Å²) in [6.45, 7) is 2.05. The standard InChI is InChI=1S/C22H21BrN2O3S2/c1-3-25(30(27,28)19-14-12-18(29-2)13-15-19)17-10-8-16(9-11-17)22(26)24-21-7-5-4-6-20(21)23/h4-15H,3H2,1-2H3,(H,24,26). The summed E-state index contributed by atoms with van der Waals surface area (Å²) in [5, 5.41) is 2.84. The fourth-order valence-corrected chi connectivity index (χ4v) is 5.17. The lowest BCUT2D eigenvalue weighted by molar-refractivity contribution is 0.102. The Kier molecular flexibility index (Phi) is 7.23. The van der Waals surface area contributed by atoms with Crippen molar-refractivity contribution in [2.75, 3.05) is 22.4 Å². The summed E-state index contributed by atoms with van der Waals surface area (Å²) in [6.07, 6.45) is 1.94. The van der Waals surface area contributed by atoms with Crippen molar-refractivity contribution >= 4 is 55.0 Å². The predicted molar refractivity (Wildman–Crippen MR) is 127 cm³/mol. The number of sulfonamides is 1. The van der Waals surface area contributed by atoms with Gasteiger partial charge in [-0.25, -0.2) is 8.42 Å². The van der Waals surface area contributed by atoms with E-state index in [1.54, 1.807) is 73.3 Å². The first-order valence-corrected chi connectivity index (χ1v) is 12.7. The maximum absolute atomic E-state index is 13.1. The SMILES string of the molecule is CCN(c1ccc(C(=O)Nc2ccccc2Br)cc1)S(=O)(=O)c1ccc(SC)cc1. The van der Waals surface area contributed by atoms with E-state index < -0.39 is 10.0 Å². The van der Waals surface area contributed by atoms with Crippen LogP contribution >= 0.6 is 27.7 Å². The summed E-state index contributed by atoms with van der Waals surface area (Å²) in [5.41, 5.74) is 1.61. The highest BCUT2D eigenvalue weighted by Gasteiger charge is 2.23. The molecule has 1 amide bonds. The molecule has 0 aliphatic rings. The average Bonchev–Trinajstić information content (AvgIpc) is 2.76. The second kappa shape index (κ2) is 9.68. The van der Waals surface area contributed by atoms with Gasteiger partial charge in [-0.3, -0.25) is 9.10 Å². The number of nitrogens with zero attached hydrogens (tertiary/aromatic N) is 1. The summed E-state index contributed by atoms with van der Waals surface area (Å²) < 4.78 is 28.3. The molecule has 0 atom stereocenters. The highest BCUT2D eigenvalue weighted by atomic mass is 79.9. The molecular weight excluding hydrogens is 484 g/mol. The van der Waals surface area contributed by atoms with Crippen molar-refractivity contribution in [1.29, 1.82) is 0 Å². The van der Waals surface area contributed by atoms with Crippen LogP contribution in [-0.4, -0.2) is 27.1 Å². The van der Waals surface area contributed by atoms with Gasteiger partial charge in [0.05, 0.1) is 16.3 Å². The van der Waals surface area contributed by atoms with Crippen LogP contribution in [0.5, 0.6) is 0 Å². The van der Waals surface area contributed by atoms with Crippen LogP contribution in [0.1, 0.15) is 17.3 Å². The molecule has 0 saturated carbocycles. The minimum absolute atomic E-state index is 0.234. The number of halogens is 1. The van der Waals surface area contributed by atoms with Gasteiger partial charge in [0.25, 0.3) is 15.9 Å². The number of thioether (sulfide) groups is 1. The fourth-order valence-electron chi connectivity index (χ4n) is 2.90. The van der Waals surface area contributed by atoms with E-state index in [-0.39, 0.29) is 17.3 Å². The molecule has 3 rings (SSSR count). The zero-order valence-corrected chi connectivity index (χ0v) is 19.7. The van der Waals surface area contributed by atoms with Crippen molar-refractivity contribution in [3.8, 4) is 0 Å². The maximum Gasteiger partial charge on any atom is 0.264 e. The van der Waals surface area contributed by atoms with E-state index in [1.165, 1.54) is 4.31 Å². The first-order chi connectivity index (χ1) is 14.4. The fraction of sp³-hybridized carbons (Fsp3) is 0.136. The molecule has 3 aromatic carbocycles. The van der Waals surface area contributed by atoms with Crippen LogP contribution in [0.25, 0.3) is 0 Å². The number of carbonyl (C=O) groups excluding carboxylic acids is 1. The Balaban J connectivity index is 1.82. The smallest absolute Gasteiger partial charge is 0.264 e. The zero-order chi connectivity index (χ0) is 21.7. The van der Waals surface area contributed by atoms with Gasteiger partial charge in [0, 0.05) is 21.5 Å². The third kappa shape index (κ3) is 4.88. The van der Waals surface area contributed by atoms with E-state index in [9.17, 15) is 13.2 Å². The lowest BCUT2D eigenvalue weighted by Crippen LogP contribution is -2.30. The highest BCUT2D eigenvalue weighted by molar-refractivity contribution is 9.10. The molecule has 8 heteroatoms. The molecule has 0 saturated heterocycles. The molecule has 3 aromatic rings. The van der Waals surface area contributed by atoms with Gasteiger partial charge in [-0.1, -0.05) is 12.1 Å². The summed E-state index contributed by atoms with van der Waals surface area (Å²) in [6, 6.07) is 20.7. The largest absolute Gasteiger partial charge is 0.321 e. The van der Waals surface area contributed by atoms with Gasteiger partial charge in [-0.15, -0.1) is 11.8 Å². The molecule has 0 spiro atoms. The Hall–Kier alpha value is -2.29. The quantitative estimate of drug-likeness (QED) is 0.422. The van der Waals surface area contributed by atoms with Crippen molar-refractivity contribution in [2.45, 2.75) is 16.7 Å². The number of amides is 1. The average molecular weight is 505 g/mol. The summed E-state index contributed by atoms with van der Waals surface area (Å²) in [4.78, 5) is 13.8. The van der Waals surface area contributed by atoms with Crippen LogP contribution in [0.15, 0.2) is 87.1 Å². The van der Waals surface area contributed by atoms with Gasteiger partial charge in [-0.05, 0) is 89.8 Å². The molecule has 0 heterocycles. The Labute approximate surface area is 189 Å². The van der Waals surface area contributed by atoms with Gasteiger partial charge in [0.2, 0.25) is 0 Å². The van der Waals surface area contributed by atoms with Gasteiger partial charge in [0.15, 0.2) is 0 Å². The molecule has 0 radical (unpaired) electrons. The van der Waals surface area contributed by atoms with Crippen molar-refractivity contribution in [3.05, 3.63) is 82.8 Å². The minimum atomic E-state index is -3.70. The molecular formula is C22H21BrN2O3S2. The van der Waals surface area contributed by atoms with Crippen LogP contribution in [0.2, 0.25) is 0 Å². The second-order valence-electron chi connectivity index (χ2n) is 6.33. The molecule has 0 unspecified atom stereocenters. The molecule has 1 N–H and O–H groups in total. The van der Waals surface area contributed by atoms with Gasteiger partial charge >= 0.3 is 0 Å². The van der Waals surface area contributed by atoms with Crippen LogP contribution in [0.4, 0.5) is 11.4 Å². The van der Waals surface area contributed by atoms with E-state index in [0.717, 1.165) is 9.37 Å². The summed E-state index contributed by atoms with van der Waals surface area (Å²) in [7, 11) is -3.70. The topological polar surface area (TPSA) is 66.5 Å². The molecule has 0 bridgehead atoms. The van der Waals surface area contributed by atoms with E-state index >= 15 is 0 Å². The third-order valence-electron chi connectivity index (χ3n) is 4.47. The summed E-state index contributed by atoms with van der Waals surface area (Å²) >= 11 is 4.96. The number of benzene rings is 3. The monoisotopic (exact) mass is 504 g/mol. The van der Waals surface area contributed by atoms with Crippen molar-refractivity contribution in [2.24, 2.45) is 0 Å². The third-order valence-corrected chi connectivity index (χ3v) is 7.83. The minimum Gasteiger partial charge on any atom is -0.321 e. The van der Waals surface area contributed by atoms with Crippen molar-refractivity contribution < 1.29 is 13.2 Å². The number of anilines is 2. The predicted octanol–water partition coefficient (Wildman–Crippen LogP) is 5.64. The number of nitrogens with one attached hydrogen (secondary N) is 1. The molecule has 156 valence electrons. The molecule has 5 nitrogen and oxygen atoms in total. The maximum atomic E-state index is 13.1. The van der Waals surface area contributed by atoms with Crippen LogP contribution in [0, 0.1) is 0 Å². The zero-order valence-electron chi connectivity index (χ0n) is 16.5. The first-order valence-electron chi connectivity index (χ1n) is 9.19. The van der Waals surface area contributed by atoms with Gasteiger partial charge < -0.3 is 5.32 Å². The normalized spacial score (nSPS) is 11.2. The van der Waals surface area contributed by atoms with Crippen molar-refractivity contribution in [3.63, 3.8) is 0 Å². The Bertz CT molecular complexity index is 1130. The van der Waals surface area contributed by atoms with Gasteiger partial charge in [-0.2, -0.15) is 0 Å². The Morgan fingerprint density at radius 1 is 1.00 bits per heavy atom. The number of rotatable bonds is 7. The number of hydrogen-bond acceptors (Lipinski definition) is 4. The molecule has 0 aromatic heterocycles. The van der Waals surface area contributed by atoms with Crippen LogP contribution < -0.4 is 9.62 Å². The number of para-hydroxylation sites is 1. The molecule has 30 heavy (non-hydrogen) atoms. The molecule has 0 aliphatic carbocycles. The molecule has 0 fully saturated rings. The van der Waals surface area contributed by atoms with E-state index in [0.29, 0.717) is 16.9 Å². The lowest BCUT2D eigenvalue weighted by Gasteiger charge is -2.23. The van der Waals surface area contributed by atoms with Gasteiger partial charge in [0.1, 0.15) is 0 Å². The highest BCUT2D eigenvalue weighted by Crippen LogP contribution is 2.26. The number of hydrogen-bond donors (Lipinski definition) is 1.